The van der Waals surface area contributed by atoms with E-state index in [4.69, 9.17) is 11.5 Å². The van der Waals surface area contributed by atoms with Crippen LogP contribution >= 0.6 is 0 Å². The summed E-state index contributed by atoms with van der Waals surface area (Å²) < 4.78 is 29.9. The van der Waals surface area contributed by atoms with Gasteiger partial charge in [0.2, 0.25) is 11.8 Å². The number of aryl methyl sites for hydroxylation is 2. The average molecular weight is 813 g/mol. The maximum absolute atomic E-state index is 15.0. The maximum atomic E-state index is 15.0. The quantitative estimate of drug-likeness (QED) is 0.0924. The van der Waals surface area contributed by atoms with Gasteiger partial charge in [-0.15, -0.1) is 0 Å². The van der Waals surface area contributed by atoms with E-state index in [0.29, 0.717) is 55.4 Å². The van der Waals surface area contributed by atoms with Gasteiger partial charge in [0.1, 0.15) is 11.6 Å². The van der Waals surface area contributed by atoms with E-state index in [1.165, 1.54) is 12.4 Å². The second-order valence-electron chi connectivity index (χ2n) is 16.8. The number of hydrogen-bond acceptors (Lipinski definition) is 10. The number of carbonyl (C=O) groups is 2. The molecule has 6 aromatic rings. The summed E-state index contributed by atoms with van der Waals surface area (Å²) in [6, 6.07) is 10.5. The van der Waals surface area contributed by atoms with Crippen LogP contribution in [-0.2, 0) is 9.59 Å². The molecule has 308 valence electrons. The predicted octanol–water partition coefficient (Wildman–Crippen LogP) is 7.34. The highest BCUT2D eigenvalue weighted by atomic mass is 19.1. The molecule has 0 aliphatic heterocycles. The van der Waals surface area contributed by atoms with E-state index >= 15 is 0 Å². The van der Waals surface area contributed by atoms with Gasteiger partial charge < -0.3 is 32.3 Å². The first-order valence-electron chi connectivity index (χ1n) is 20.5. The lowest BCUT2D eigenvalue weighted by molar-refractivity contribution is -0.119. The Morgan fingerprint density at radius 2 is 1.05 bits per heavy atom. The molecule has 8 atom stereocenters. The molecule has 0 radical (unpaired) electrons. The number of aromatic nitrogens is 4. The standard InChI is InChI=1S/2C23H23FN4O2/c2*1-11-5-6-26-9-15(11)14-7-12-8-18(27-10-16(12)22(25)21(14)24)28-23(30)20-13-3-2-4-17(29)19(13)20/h2*5-10,13,17,19-20,29H,2-4,25H2,1H3,(H,27,28,30)/t13-,17+,19-,20+;13-,17-,19-,20+/m11/s1. The summed E-state index contributed by atoms with van der Waals surface area (Å²) in [6.45, 7) is 3.77. The molecular formula is C46H46F2N8O4. The summed E-state index contributed by atoms with van der Waals surface area (Å²) in [4.78, 5) is 42.2. The van der Waals surface area contributed by atoms with E-state index in [2.05, 4.69) is 30.6 Å². The zero-order valence-corrected chi connectivity index (χ0v) is 33.2. The second kappa shape index (κ2) is 15.5. The van der Waals surface area contributed by atoms with Crippen LogP contribution in [0.15, 0.2) is 73.6 Å². The van der Waals surface area contributed by atoms with Crippen LogP contribution in [-0.4, -0.2) is 54.2 Å². The molecule has 4 aliphatic rings. The van der Waals surface area contributed by atoms with Gasteiger partial charge in [-0.05, 0) is 110 Å². The number of aliphatic hydroxyl groups is 2. The van der Waals surface area contributed by atoms with Crippen LogP contribution in [0.2, 0.25) is 0 Å². The highest BCUT2D eigenvalue weighted by Gasteiger charge is 2.59. The minimum absolute atomic E-state index is 0.0208. The summed E-state index contributed by atoms with van der Waals surface area (Å²) in [7, 11) is 0. The largest absolute Gasteiger partial charge is 0.396 e. The van der Waals surface area contributed by atoms with E-state index in [9.17, 15) is 28.6 Å². The average Bonchev–Trinajstić information content (AvgIpc) is 4.16. The number of aliphatic hydroxyl groups excluding tert-OH is 2. The van der Waals surface area contributed by atoms with Crippen molar-refractivity contribution in [2.45, 2.75) is 64.6 Å². The number of pyridine rings is 4. The van der Waals surface area contributed by atoms with Crippen LogP contribution < -0.4 is 22.1 Å². The first-order valence-corrected chi connectivity index (χ1v) is 20.5. The molecular weight excluding hydrogens is 767 g/mol. The highest BCUT2D eigenvalue weighted by molar-refractivity contribution is 6.02. The van der Waals surface area contributed by atoms with Crippen LogP contribution in [0.1, 0.15) is 49.7 Å². The predicted molar refractivity (Wildman–Crippen MR) is 226 cm³/mol. The molecule has 0 saturated heterocycles. The van der Waals surface area contributed by atoms with Gasteiger partial charge >= 0.3 is 0 Å². The van der Waals surface area contributed by atoms with Crippen molar-refractivity contribution in [3.8, 4) is 22.3 Å². The second-order valence-corrected chi connectivity index (χ2v) is 16.8. The van der Waals surface area contributed by atoms with E-state index in [1.54, 1.807) is 49.1 Å². The first kappa shape index (κ1) is 39.3. The number of amides is 2. The van der Waals surface area contributed by atoms with Gasteiger partial charge in [0.15, 0.2) is 11.6 Å². The summed E-state index contributed by atoms with van der Waals surface area (Å²) in [5.41, 5.74) is 16.0. The molecule has 4 saturated carbocycles. The van der Waals surface area contributed by atoms with Crippen molar-refractivity contribution in [2.75, 3.05) is 22.1 Å². The first-order chi connectivity index (χ1) is 28.9. The van der Waals surface area contributed by atoms with E-state index in [0.717, 1.165) is 49.7 Å². The lowest BCUT2D eigenvalue weighted by Gasteiger charge is -2.14. The molecule has 10 rings (SSSR count). The van der Waals surface area contributed by atoms with Crippen molar-refractivity contribution in [1.29, 1.82) is 0 Å². The van der Waals surface area contributed by atoms with Crippen molar-refractivity contribution in [3.63, 3.8) is 0 Å². The molecule has 60 heavy (non-hydrogen) atoms. The molecule has 12 nitrogen and oxygen atoms in total. The Bertz CT molecular complexity index is 2510. The highest BCUT2D eigenvalue weighted by Crippen LogP contribution is 2.56. The van der Waals surface area contributed by atoms with Crippen LogP contribution in [0.25, 0.3) is 43.8 Å². The minimum Gasteiger partial charge on any atom is -0.396 e. The molecule has 0 unspecified atom stereocenters. The normalized spacial score (nSPS) is 25.0. The molecule has 0 bridgehead atoms. The van der Waals surface area contributed by atoms with E-state index in [1.807, 2.05) is 26.0 Å². The van der Waals surface area contributed by atoms with Gasteiger partial charge in [0, 0.05) is 93.9 Å². The number of carbonyl (C=O) groups excluding carboxylic acids is 2. The third-order valence-electron chi connectivity index (χ3n) is 13.2. The van der Waals surface area contributed by atoms with E-state index in [-0.39, 0.29) is 58.7 Å². The topological polar surface area (TPSA) is 202 Å². The molecule has 0 spiro atoms. The van der Waals surface area contributed by atoms with Crippen molar-refractivity contribution in [2.24, 2.45) is 35.5 Å². The molecule has 4 fully saturated rings. The Balaban J connectivity index is 0.000000154. The molecule has 14 heteroatoms. The fourth-order valence-electron chi connectivity index (χ4n) is 9.88. The third-order valence-corrected chi connectivity index (χ3v) is 13.2. The van der Waals surface area contributed by atoms with Crippen LogP contribution in [0.3, 0.4) is 0 Å². The van der Waals surface area contributed by atoms with Gasteiger partial charge in [-0.25, -0.2) is 18.7 Å². The zero-order valence-electron chi connectivity index (χ0n) is 33.2. The van der Waals surface area contributed by atoms with Crippen molar-refractivity contribution < 1.29 is 28.6 Å². The SMILES string of the molecule is Cc1ccncc1-c1cc2cc(NC(=O)[C@H]3[C@@H]4CCC[C@@H](O)[C@@H]43)ncc2c(N)c1F.Cc1ccncc1-c1cc2cc(NC(=O)[C@H]3[C@@H]4CCC[C@H](O)[C@@H]43)ncc2c(N)c1F. The molecule has 2 aromatic carbocycles. The number of halogens is 2. The maximum Gasteiger partial charge on any atom is 0.229 e. The van der Waals surface area contributed by atoms with Crippen LogP contribution in [0.4, 0.5) is 31.8 Å². The number of rotatable bonds is 6. The summed E-state index contributed by atoms with van der Waals surface area (Å²) >= 11 is 0. The molecule has 4 aliphatic carbocycles. The van der Waals surface area contributed by atoms with Crippen LogP contribution in [0.5, 0.6) is 0 Å². The number of nitrogens with two attached hydrogens (primary N) is 2. The lowest BCUT2D eigenvalue weighted by atomic mass is 9.98. The smallest absolute Gasteiger partial charge is 0.229 e. The summed E-state index contributed by atoms with van der Waals surface area (Å²) in [6.07, 6.45) is 14.1. The number of nitrogens with one attached hydrogen (secondary N) is 2. The Labute approximate surface area is 344 Å². The van der Waals surface area contributed by atoms with Gasteiger partial charge in [-0.3, -0.25) is 19.6 Å². The Morgan fingerprint density at radius 1 is 0.633 bits per heavy atom. The Kier molecular flexibility index (Phi) is 10.2. The number of fused-ring (bicyclic) bond motifs is 4. The van der Waals surface area contributed by atoms with E-state index < -0.39 is 23.8 Å². The monoisotopic (exact) mass is 812 g/mol. The third kappa shape index (κ3) is 7.06. The number of hydrogen-bond donors (Lipinski definition) is 6. The number of benzene rings is 2. The summed E-state index contributed by atoms with van der Waals surface area (Å²) in [5, 5.41) is 28.3. The number of nitrogen functional groups attached to an aromatic ring is 2. The summed E-state index contributed by atoms with van der Waals surface area (Å²) in [5.74, 6) is -0.130. The van der Waals surface area contributed by atoms with Crippen molar-refractivity contribution in [3.05, 3.63) is 96.3 Å². The lowest BCUT2D eigenvalue weighted by Crippen LogP contribution is -2.19. The van der Waals surface area contributed by atoms with Crippen molar-refractivity contribution in [1.82, 2.24) is 19.9 Å². The Hall–Kier alpha value is -6.12. The van der Waals surface area contributed by atoms with Crippen LogP contribution in [0, 0.1) is 61.0 Å². The van der Waals surface area contributed by atoms with Crippen molar-refractivity contribution >= 4 is 56.4 Å². The fraction of sp³-hybridized carbons (Fsp3) is 0.348. The van der Waals surface area contributed by atoms with Gasteiger partial charge in [-0.2, -0.15) is 0 Å². The van der Waals surface area contributed by atoms with Gasteiger partial charge in [-0.1, -0.05) is 12.8 Å². The number of anilines is 4. The zero-order chi connectivity index (χ0) is 42.0. The Morgan fingerprint density at radius 3 is 1.43 bits per heavy atom. The minimum atomic E-state index is -0.506. The molecule has 4 aromatic heterocycles. The molecule has 2 amide bonds. The van der Waals surface area contributed by atoms with Gasteiger partial charge in [0.25, 0.3) is 0 Å². The number of nitrogens with zero attached hydrogens (tertiary/aromatic N) is 4. The fourth-order valence-corrected chi connectivity index (χ4v) is 9.88. The molecule has 8 N–H and O–H groups in total. The molecule has 4 heterocycles. The van der Waals surface area contributed by atoms with Gasteiger partial charge in [0.05, 0.1) is 23.6 Å².